The molecular formula is C32H36F2NO5P. The number of ether oxygens (including phenoxy) is 2. The van der Waals surface area contributed by atoms with Crippen molar-refractivity contribution >= 4 is 12.8 Å². The van der Waals surface area contributed by atoms with Crippen molar-refractivity contribution in [3.05, 3.63) is 70.8 Å². The molecule has 0 saturated heterocycles. The summed E-state index contributed by atoms with van der Waals surface area (Å²) in [6.07, 6.45) is 7.71. The smallest absolute Gasteiger partial charge is 0.319 e. The van der Waals surface area contributed by atoms with Crippen LogP contribution >= 0.6 is 7.52 Å². The van der Waals surface area contributed by atoms with Crippen molar-refractivity contribution in [2.75, 3.05) is 6.61 Å². The number of halogens is 2. The highest BCUT2D eigenvalue weighted by molar-refractivity contribution is 7.63. The lowest BCUT2D eigenvalue weighted by atomic mass is 9.50. The minimum atomic E-state index is -4.12. The largest absolute Gasteiger partial charge is 0.493 e. The molecular weight excluding hydrogens is 547 g/mol. The minimum Gasteiger partial charge on any atom is -0.493 e. The Hall–Kier alpha value is -2.77. The SMILES string of the molecule is Cc1cc(P(=O)(O)NO)cc(C)c1Oc1ccc(-c2ccc(OCC34CC5CC(CC(C5)C3)C4)c(C)c2F)c(F)c1. The summed E-state index contributed by atoms with van der Waals surface area (Å²) >= 11 is 0. The molecule has 4 aliphatic rings. The molecule has 6 nitrogen and oxygen atoms in total. The Labute approximate surface area is 239 Å². The molecule has 4 saturated carbocycles. The van der Waals surface area contributed by atoms with E-state index in [-0.39, 0.29) is 27.6 Å². The first-order chi connectivity index (χ1) is 19.5. The third-order valence-corrected chi connectivity index (χ3v) is 10.6. The van der Waals surface area contributed by atoms with Crippen LogP contribution in [0.5, 0.6) is 17.2 Å². The van der Waals surface area contributed by atoms with Gasteiger partial charge in [-0.15, -0.1) is 5.25 Å². The molecule has 0 spiro atoms. The Balaban J connectivity index is 1.19. The van der Waals surface area contributed by atoms with Crippen LogP contribution in [0.15, 0.2) is 42.5 Å². The van der Waals surface area contributed by atoms with Crippen LogP contribution in [-0.2, 0) is 4.57 Å². The Morgan fingerprint density at radius 1 is 0.927 bits per heavy atom. The highest BCUT2D eigenvalue weighted by Gasteiger charge is 2.51. The number of hydrogen-bond donors (Lipinski definition) is 3. The first kappa shape index (κ1) is 28.4. The standard InChI is InChI=1S/C32H36F2NO5P/c1-18-8-25(41(37,38)35-36)9-19(2)31(18)40-24-4-5-26(28(33)13-24)27-6-7-29(20(3)30(27)34)39-17-32-14-21-10-22(15-32)12-23(11-21)16-32/h4-9,13,21-23,36H,10-12,14-17H2,1-3H3,(H2,35,37,38). The maximum Gasteiger partial charge on any atom is 0.319 e. The molecule has 0 amide bonds. The predicted octanol–water partition coefficient (Wildman–Crippen LogP) is 7.73. The molecule has 1 unspecified atom stereocenters. The Bertz CT molecular complexity index is 1500. The van der Waals surface area contributed by atoms with Gasteiger partial charge < -0.3 is 19.6 Å². The van der Waals surface area contributed by atoms with Crippen molar-refractivity contribution < 1.29 is 32.9 Å². The van der Waals surface area contributed by atoms with E-state index in [1.807, 2.05) is 0 Å². The molecule has 0 heterocycles. The summed E-state index contributed by atoms with van der Waals surface area (Å²) in [5, 5.41) is 10.4. The van der Waals surface area contributed by atoms with Crippen LogP contribution in [0, 0.1) is 55.6 Å². The predicted molar refractivity (Wildman–Crippen MR) is 153 cm³/mol. The van der Waals surface area contributed by atoms with Crippen molar-refractivity contribution in [3.8, 4) is 28.4 Å². The zero-order valence-corrected chi connectivity index (χ0v) is 24.4. The van der Waals surface area contributed by atoms with E-state index in [4.69, 9.17) is 14.7 Å². The van der Waals surface area contributed by atoms with Gasteiger partial charge in [0.1, 0.15) is 28.9 Å². The van der Waals surface area contributed by atoms with E-state index in [1.165, 1.54) is 68.0 Å². The Morgan fingerprint density at radius 3 is 2.07 bits per heavy atom. The van der Waals surface area contributed by atoms with Crippen LogP contribution in [0.3, 0.4) is 0 Å². The molecule has 3 N–H and O–H groups in total. The molecule has 0 radical (unpaired) electrons. The summed E-state index contributed by atoms with van der Waals surface area (Å²) in [6.45, 7) is 5.65. The molecule has 3 aromatic rings. The first-order valence-electron chi connectivity index (χ1n) is 14.2. The molecule has 4 bridgehead atoms. The second-order valence-corrected chi connectivity index (χ2v) is 14.5. The number of hydrogen-bond acceptors (Lipinski definition) is 4. The fourth-order valence-electron chi connectivity index (χ4n) is 7.95. The van der Waals surface area contributed by atoms with Gasteiger partial charge in [-0.25, -0.2) is 8.78 Å². The van der Waals surface area contributed by atoms with Gasteiger partial charge in [0, 0.05) is 28.2 Å². The minimum absolute atomic E-state index is 0.0140. The van der Waals surface area contributed by atoms with Gasteiger partial charge in [0.05, 0.1) is 11.9 Å². The number of rotatable bonds is 8. The quantitative estimate of drug-likeness (QED) is 0.186. The summed E-state index contributed by atoms with van der Waals surface area (Å²) in [4.78, 5) is 9.86. The van der Waals surface area contributed by atoms with Gasteiger partial charge in [0.25, 0.3) is 0 Å². The van der Waals surface area contributed by atoms with Crippen molar-refractivity contribution in [2.24, 2.45) is 23.2 Å². The second kappa shape index (κ2) is 10.5. The van der Waals surface area contributed by atoms with E-state index in [0.29, 0.717) is 34.8 Å². The molecule has 0 aliphatic heterocycles. The Kier molecular flexibility index (Phi) is 7.26. The molecule has 3 aromatic carbocycles. The Morgan fingerprint density at radius 2 is 1.51 bits per heavy atom. The van der Waals surface area contributed by atoms with E-state index < -0.39 is 19.2 Å². The molecule has 0 aromatic heterocycles. The summed E-state index contributed by atoms with van der Waals surface area (Å²) < 4.78 is 55.1. The lowest BCUT2D eigenvalue weighted by Gasteiger charge is -2.56. The highest BCUT2D eigenvalue weighted by atomic mass is 31.2. The number of nitrogens with one attached hydrogen (secondary N) is 1. The summed E-state index contributed by atoms with van der Waals surface area (Å²) in [5.74, 6) is 2.40. The third-order valence-electron chi connectivity index (χ3n) is 9.42. The van der Waals surface area contributed by atoms with E-state index >= 15 is 8.78 Å². The zero-order chi connectivity index (χ0) is 29.1. The fraction of sp³-hybridized carbons (Fsp3) is 0.438. The van der Waals surface area contributed by atoms with Gasteiger partial charge in [0.15, 0.2) is 0 Å². The monoisotopic (exact) mass is 583 g/mol. The maximum atomic E-state index is 15.6. The average Bonchev–Trinajstić information content (AvgIpc) is 2.91. The summed E-state index contributed by atoms with van der Waals surface area (Å²) in [6, 6.07) is 10.4. The maximum absolute atomic E-state index is 15.6. The van der Waals surface area contributed by atoms with E-state index in [0.717, 1.165) is 17.8 Å². The van der Waals surface area contributed by atoms with Gasteiger partial charge in [-0.1, -0.05) is 0 Å². The molecule has 218 valence electrons. The fourth-order valence-corrected chi connectivity index (χ4v) is 8.80. The van der Waals surface area contributed by atoms with E-state index in [9.17, 15) is 9.46 Å². The zero-order valence-electron chi connectivity index (χ0n) is 23.5. The van der Waals surface area contributed by atoms with Gasteiger partial charge in [-0.3, -0.25) is 4.57 Å². The molecule has 1 atom stereocenters. The highest BCUT2D eigenvalue weighted by Crippen LogP contribution is 2.60. The van der Waals surface area contributed by atoms with Crippen molar-refractivity contribution in [1.29, 1.82) is 0 Å². The van der Waals surface area contributed by atoms with Crippen LogP contribution in [0.4, 0.5) is 8.78 Å². The molecule has 4 aliphatic carbocycles. The molecule has 9 heteroatoms. The van der Waals surface area contributed by atoms with Gasteiger partial charge in [-0.05, 0) is 125 Å². The molecule has 4 fully saturated rings. The third kappa shape index (κ3) is 5.32. The summed E-state index contributed by atoms with van der Waals surface area (Å²) in [7, 11) is -4.12. The molecule has 7 rings (SSSR count). The van der Waals surface area contributed by atoms with Crippen molar-refractivity contribution in [1.82, 2.24) is 5.25 Å². The van der Waals surface area contributed by atoms with Gasteiger partial charge in [-0.2, -0.15) is 0 Å². The van der Waals surface area contributed by atoms with Crippen LogP contribution in [0.1, 0.15) is 55.2 Å². The van der Waals surface area contributed by atoms with E-state index in [2.05, 4.69) is 0 Å². The van der Waals surface area contributed by atoms with Crippen LogP contribution in [0.25, 0.3) is 11.1 Å². The molecule has 41 heavy (non-hydrogen) atoms. The number of benzene rings is 3. The normalized spacial score (nSPS) is 26.2. The lowest BCUT2D eigenvalue weighted by Crippen LogP contribution is -2.48. The van der Waals surface area contributed by atoms with Crippen LogP contribution in [-0.4, -0.2) is 16.7 Å². The average molecular weight is 584 g/mol. The van der Waals surface area contributed by atoms with Crippen LogP contribution in [0.2, 0.25) is 0 Å². The van der Waals surface area contributed by atoms with E-state index in [1.54, 1.807) is 39.0 Å². The van der Waals surface area contributed by atoms with Gasteiger partial charge in [0.2, 0.25) is 0 Å². The first-order valence-corrected chi connectivity index (χ1v) is 15.9. The topological polar surface area (TPSA) is 88.0 Å². The lowest BCUT2D eigenvalue weighted by molar-refractivity contribution is -0.0746. The van der Waals surface area contributed by atoms with Crippen molar-refractivity contribution in [3.63, 3.8) is 0 Å². The summed E-state index contributed by atoms with van der Waals surface area (Å²) in [5.41, 5.74) is 1.91. The van der Waals surface area contributed by atoms with Crippen LogP contribution < -0.4 is 20.0 Å². The number of aryl methyl sites for hydroxylation is 2. The second-order valence-electron chi connectivity index (χ2n) is 12.6. The van der Waals surface area contributed by atoms with Gasteiger partial charge >= 0.3 is 7.52 Å². The van der Waals surface area contributed by atoms with Crippen molar-refractivity contribution in [2.45, 2.75) is 59.3 Å².